The Bertz CT molecular complexity index is 304. The highest BCUT2D eigenvalue weighted by Gasteiger charge is 2.02. The normalized spacial score (nSPS) is 10.4. The lowest BCUT2D eigenvalue weighted by Crippen LogP contribution is -2.22. The topological polar surface area (TPSA) is 28.2 Å². The molecule has 0 saturated heterocycles. The highest BCUT2D eigenvalue weighted by atomic mass is 15.2. The van der Waals surface area contributed by atoms with Crippen molar-refractivity contribution in [2.24, 2.45) is 0 Å². The zero-order valence-electron chi connectivity index (χ0n) is 12.1. The van der Waals surface area contributed by atoms with Crippen molar-refractivity contribution in [3.8, 4) is 0 Å². The maximum absolute atomic E-state index is 4.50. The van der Waals surface area contributed by atoms with Gasteiger partial charge in [-0.25, -0.2) is 4.98 Å². The van der Waals surface area contributed by atoms with E-state index in [2.05, 4.69) is 48.1 Å². The van der Waals surface area contributed by atoms with Crippen LogP contribution in [0, 0.1) is 0 Å². The number of nitrogens with one attached hydrogen (secondary N) is 1. The van der Waals surface area contributed by atoms with E-state index in [9.17, 15) is 0 Å². The minimum atomic E-state index is 1.01. The van der Waals surface area contributed by atoms with Crippen molar-refractivity contribution < 1.29 is 0 Å². The maximum Gasteiger partial charge on any atom is 0.128 e. The Hall–Kier alpha value is -1.25. The van der Waals surface area contributed by atoms with E-state index in [1.807, 2.05) is 6.20 Å². The Morgan fingerprint density at radius 2 is 1.83 bits per heavy atom. The van der Waals surface area contributed by atoms with Gasteiger partial charge in [-0.1, -0.05) is 26.2 Å². The molecule has 18 heavy (non-hydrogen) atoms. The molecule has 0 fully saturated rings. The first-order valence-corrected chi connectivity index (χ1v) is 7.26. The molecule has 0 unspecified atom stereocenters. The van der Waals surface area contributed by atoms with Crippen molar-refractivity contribution in [1.29, 1.82) is 0 Å². The zero-order chi connectivity index (χ0) is 13.2. The molecule has 0 atom stereocenters. The van der Waals surface area contributed by atoms with Crippen molar-refractivity contribution in [2.75, 3.05) is 29.9 Å². The van der Waals surface area contributed by atoms with Gasteiger partial charge < -0.3 is 10.2 Å². The SMILES string of the molecule is CCCCCCNc1ccc(N(CC)CC)nc1. The molecule has 0 aliphatic carbocycles. The van der Waals surface area contributed by atoms with Crippen molar-refractivity contribution in [2.45, 2.75) is 46.5 Å². The Morgan fingerprint density at radius 3 is 2.39 bits per heavy atom. The van der Waals surface area contributed by atoms with E-state index >= 15 is 0 Å². The number of unbranched alkanes of at least 4 members (excludes halogenated alkanes) is 3. The Kier molecular flexibility index (Phi) is 7.23. The van der Waals surface area contributed by atoms with Gasteiger partial charge in [0.1, 0.15) is 5.82 Å². The summed E-state index contributed by atoms with van der Waals surface area (Å²) in [6.07, 6.45) is 7.12. The summed E-state index contributed by atoms with van der Waals surface area (Å²) in [7, 11) is 0. The van der Waals surface area contributed by atoms with Crippen LogP contribution in [-0.2, 0) is 0 Å². The molecule has 0 aromatic carbocycles. The molecule has 1 aromatic rings. The van der Waals surface area contributed by atoms with Crippen LogP contribution >= 0.6 is 0 Å². The molecular formula is C15H27N3. The predicted molar refractivity (Wildman–Crippen MR) is 80.4 cm³/mol. The van der Waals surface area contributed by atoms with E-state index in [4.69, 9.17) is 0 Å². The fourth-order valence-corrected chi connectivity index (χ4v) is 2.01. The summed E-state index contributed by atoms with van der Waals surface area (Å²) in [6, 6.07) is 4.22. The predicted octanol–water partition coefficient (Wildman–Crippen LogP) is 3.92. The van der Waals surface area contributed by atoms with E-state index in [1.165, 1.54) is 25.7 Å². The molecule has 3 heteroatoms. The molecule has 1 aromatic heterocycles. The summed E-state index contributed by atoms with van der Waals surface area (Å²) in [5.41, 5.74) is 1.13. The van der Waals surface area contributed by atoms with Crippen molar-refractivity contribution >= 4 is 11.5 Å². The maximum atomic E-state index is 4.50. The van der Waals surface area contributed by atoms with Gasteiger partial charge in [-0.3, -0.25) is 0 Å². The summed E-state index contributed by atoms with van der Waals surface area (Å²) in [5.74, 6) is 1.07. The molecule has 1 N–H and O–H groups in total. The molecule has 0 spiro atoms. The lowest BCUT2D eigenvalue weighted by Gasteiger charge is -2.19. The molecule has 0 amide bonds. The first-order valence-electron chi connectivity index (χ1n) is 7.26. The number of hydrogen-bond donors (Lipinski definition) is 1. The fourth-order valence-electron chi connectivity index (χ4n) is 2.01. The third-order valence-electron chi connectivity index (χ3n) is 3.19. The van der Waals surface area contributed by atoms with Gasteiger partial charge in [-0.15, -0.1) is 0 Å². The smallest absolute Gasteiger partial charge is 0.128 e. The van der Waals surface area contributed by atoms with Crippen molar-refractivity contribution in [1.82, 2.24) is 4.98 Å². The van der Waals surface area contributed by atoms with Gasteiger partial charge >= 0.3 is 0 Å². The highest BCUT2D eigenvalue weighted by molar-refractivity contribution is 5.48. The number of nitrogens with zero attached hydrogens (tertiary/aromatic N) is 2. The van der Waals surface area contributed by atoms with Crippen LogP contribution in [0.4, 0.5) is 11.5 Å². The highest BCUT2D eigenvalue weighted by Crippen LogP contribution is 2.13. The minimum Gasteiger partial charge on any atom is -0.384 e. The lowest BCUT2D eigenvalue weighted by molar-refractivity contribution is 0.685. The van der Waals surface area contributed by atoms with Gasteiger partial charge in [0.15, 0.2) is 0 Å². The third-order valence-corrected chi connectivity index (χ3v) is 3.19. The van der Waals surface area contributed by atoms with E-state index < -0.39 is 0 Å². The average Bonchev–Trinajstić information content (AvgIpc) is 2.41. The third kappa shape index (κ3) is 4.94. The van der Waals surface area contributed by atoms with Crippen LogP contribution in [0.5, 0.6) is 0 Å². The number of pyridine rings is 1. The Morgan fingerprint density at radius 1 is 1.06 bits per heavy atom. The standard InChI is InChI=1S/C15H27N3/c1-4-7-8-9-12-16-14-10-11-15(17-13-14)18(5-2)6-3/h10-11,13,16H,4-9,12H2,1-3H3. The second kappa shape index (κ2) is 8.78. The van der Waals surface area contributed by atoms with E-state index in [-0.39, 0.29) is 0 Å². The first-order chi connectivity index (χ1) is 8.81. The second-order valence-corrected chi connectivity index (χ2v) is 4.56. The molecule has 1 heterocycles. The molecule has 0 radical (unpaired) electrons. The summed E-state index contributed by atoms with van der Waals surface area (Å²) in [6.45, 7) is 9.62. The summed E-state index contributed by atoms with van der Waals surface area (Å²) < 4.78 is 0. The Labute approximate surface area is 112 Å². The number of rotatable bonds is 9. The van der Waals surface area contributed by atoms with E-state index in [1.54, 1.807) is 0 Å². The van der Waals surface area contributed by atoms with Crippen LogP contribution in [0.25, 0.3) is 0 Å². The van der Waals surface area contributed by atoms with E-state index in [0.717, 1.165) is 31.1 Å². The summed E-state index contributed by atoms with van der Waals surface area (Å²) in [5, 5.41) is 3.42. The molecule has 0 aliphatic rings. The second-order valence-electron chi connectivity index (χ2n) is 4.56. The van der Waals surface area contributed by atoms with Gasteiger partial charge in [0.2, 0.25) is 0 Å². The zero-order valence-corrected chi connectivity index (χ0v) is 12.1. The summed E-state index contributed by atoms with van der Waals surface area (Å²) >= 11 is 0. The summed E-state index contributed by atoms with van der Waals surface area (Å²) in [4.78, 5) is 6.75. The largest absolute Gasteiger partial charge is 0.384 e. The molecule has 102 valence electrons. The van der Waals surface area contributed by atoms with Crippen LogP contribution in [0.1, 0.15) is 46.5 Å². The quantitative estimate of drug-likeness (QED) is 0.672. The number of hydrogen-bond acceptors (Lipinski definition) is 3. The van der Waals surface area contributed by atoms with Crippen LogP contribution < -0.4 is 10.2 Å². The van der Waals surface area contributed by atoms with Crippen LogP contribution in [0.3, 0.4) is 0 Å². The van der Waals surface area contributed by atoms with Gasteiger partial charge in [0.05, 0.1) is 11.9 Å². The first kappa shape index (κ1) is 14.8. The monoisotopic (exact) mass is 249 g/mol. The molecule has 0 aliphatic heterocycles. The van der Waals surface area contributed by atoms with Gasteiger partial charge in [-0.05, 0) is 32.4 Å². The average molecular weight is 249 g/mol. The molecule has 3 nitrogen and oxygen atoms in total. The number of anilines is 2. The molecule has 0 saturated carbocycles. The minimum absolute atomic E-state index is 1.01. The molecular weight excluding hydrogens is 222 g/mol. The Balaban J connectivity index is 2.35. The molecule has 0 bridgehead atoms. The van der Waals surface area contributed by atoms with E-state index in [0.29, 0.717) is 0 Å². The van der Waals surface area contributed by atoms with Gasteiger partial charge in [0, 0.05) is 19.6 Å². The molecule has 1 rings (SSSR count). The fraction of sp³-hybridized carbons (Fsp3) is 0.667. The van der Waals surface area contributed by atoms with Crippen molar-refractivity contribution in [3.63, 3.8) is 0 Å². The van der Waals surface area contributed by atoms with Gasteiger partial charge in [0.25, 0.3) is 0 Å². The van der Waals surface area contributed by atoms with Crippen LogP contribution in [0.2, 0.25) is 0 Å². The lowest BCUT2D eigenvalue weighted by atomic mass is 10.2. The van der Waals surface area contributed by atoms with Crippen LogP contribution in [0.15, 0.2) is 18.3 Å². The van der Waals surface area contributed by atoms with Gasteiger partial charge in [-0.2, -0.15) is 0 Å². The number of aromatic nitrogens is 1. The van der Waals surface area contributed by atoms with Crippen LogP contribution in [-0.4, -0.2) is 24.6 Å². The van der Waals surface area contributed by atoms with Crippen molar-refractivity contribution in [3.05, 3.63) is 18.3 Å².